The lowest BCUT2D eigenvalue weighted by atomic mass is 10.2. The zero-order valence-corrected chi connectivity index (χ0v) is 11.4. The summed E-state index contributed by atoms with van der Waals surface area (Å²) in [5.41, 5.74) is 2.33. The van der Waals surface area contributed by atoms with Crippen LogP contribution in [0.4, 0.5) is 5.69 Å². The Morgan fingerprint density at radius 2 is 1.95 bits per heavy atom. The summed E-state index contributed by atoms with van der Waals surface area (Å²) in [6, 6.07) is 11.2. The number of benzene rings is 1. The highest BCUT2D eigenvalue weighted by Crippen LogP contribution is 2.27. The van der Waals surface area contributed by atoms with E-state index in [1.54, 1.807) is 26.5 Å². The second-order valence-corrected chi connectivity index (χ2v) is 4.09. The van der Waals surface area contributed by atoms with Crippen molar-refractivity contribution in [2.75, 3.05) is 19.5 Å². The van der Waals surface area contributed by atoms with Crippen LogP contribution >= 0.6 is 0 Å². The summed E-state index contributed by atoms with van der Waals surface area (Å²) in [6.07, 6.45) is 1.64. The first kappa shape index (κ1) is 13.7. The highest BCUT2D eigenvalue weighted by molar-refractivity contribution is 5.46. The number of hydrogen-bond donors (Lipinski definition) is 1. The third-order valence-electron chi connectivity index (χ3n) is 2.82. The Balaban J connectivity index is 2.05. The van der Waals surface area contributed by atoms with Gasteiger partial charge in [0.1, 0.15) is 11.8 Å². The summed E-state index contributed by atoms with van der Waals surface area (Å²) in [4.78, 5) is 4.00. The molecule has 0 radical (unpaired) electrons. The molecule has 0 spiro atoms. The first-order valence-electron chi connectivity index (χ1n) is 6.07. The fourth-order valence-electron chi connectivity index (χ4n) is 1.76. The van der Waals surface area contributed by atoms with E-state index >= 15 is 0 Å². The second kappa shape index (κ2) is 6.43. The summed E-state index contributed by atoms with van der Waals surface area (Å²) in [5.74, 6) is 1.40. The molecule has 0 amide bonds. The lowest BCUT2D eigenvalue weighted by Gasteiger charge is -2.10. The minimum absolute atomic E-state index is 0.404. The van der Waals surface area contributed by atoms with Gasteiger partial charge in [-0.05, 0) is 29.8 Å². The van der Waals surface area contributed by atoms with Crippen LogP contribution in [0.15, 0.2) is 36.5 Å². The van der Waals surface area contributed by atoms with Crippen LogP contribution in [0.25, 0.3) is 0 Å². The van der Waals surface area contributed by atoms with Crippen molar-refractivity contribution in [2.24, 2.45) is 0 Å². The first-order chi connectivity index (χ1) is 9.76. The molecule has 0 atom stereocenters. The highest BCUT2D eigenvalue weighted by Gasteiger charge is 2.04. The quantitative estimate of drug-likeness (QED) is 0.903. The van der Waals surface area contributed by atoms with Crippen LogP contribution in [-0.2, 0) is 6.54 Å². The number of anilines is 1. The third-order valence-corrected chi connectivity index (χ3v) is 2.82. The molecule has 0 unspecified atom stereocenters. The zero-order valence-electron chi connectivity index (χ0n) is 11.4. The van der Waals surface area contributed by atoms with Gasteiger partial charge >= 0.3 is 0 Å². The van der Waals surface area contributed by atoms with E-state index in [1.807, 2.05) is 30.3 Å². The van der Waals surface area contributed by atoms with Crippen molar-refractivity contribution in [2.45, 2.75) is 6.54 Å². The predicted octanol–water partition coefficient (Wildman–Crippen LogP) is 2.58. The topological polar surface area (TPSA) is 67.2 Å². The third kappa shape index (κ3) is 3.18. The average molecular weight is 269 g/mol. The van der Waals surface area contributed by atoms with E-state index in [0.717, 1.165) is 11.3 Å². The van der Waals surface area contributed by atoms with Crippen molar-refractivity contribution in [1.29, 1.82) is 5.26 Å². The summed E-state index contributed by atoms with van der Waals surface area (Å²) in [5, 5.41) is 11.9. The molecule has 2 aromatic rings. The molecule has 1 aromatic heterocycles. The number of pyridine rings is 1. The van der Waals surface area contributed by atoms with Crippen molar-refractivity contribution >= 4 is 5.69 Å². The van der Waals surface area contributed by atoms with Crippen molar-refractivity contribution in [3.63, 3.8) is 0 Å². The maximum atomic E-state index is 8.68. The summed E-state index contributed by atoms with van der Waals surface area (Å²) < 4.78 is 10.5. The van der Waals surface area contributed by atoms with Gasteiger partial charge in [-0.25, -0.2) is 4.98 Å². The molecule has 0 fully saturated rings. The van der Waals surface area contributed by atoms with E-state index in [9.17, 15) is 0 Å². The molecule has 1 aromatic carbocycles. The largest absolute Gasteiger partial charge is 0.493 e. The molecular formula is C15H15N3O2. The first-order valence-corrected chi connectivity index (χ1v) is 6.07. The molecule has 5 nitrogen and oxygen atoms in total. The van der Waals surface area contributed by atoms with Gasteiger partial charge in [0.15, 0.2) is 11.5 Å². The highest BCUT2D eigenvalue weighted by atomic mass is 16.5. The molecule has 0 bridgehead atoms. The van der Waals surface area contributed by atoms with Crippen molar-refractivity contribution in [3.05, 3.63) is 47.8 Å². The zero-order chi connectivity index (χ0) is 14.4. The number of methoxy groups -OCH3 is 2. The van der Waals surface area contributed by atoms with Crippen LogP contribution < -0.4 is 14.8 Å². The Hall–Kier alpha value is -2.74. The Bertz CT molecular complexity index is 618. The molecule has 102 valence electrons. The van der Waals surface area contributed by atoms with Gasteiger partial charge in [0.25, 0.3) is 0 Å². The van der Waals surface area contributed by atoms with E-state index in [-0.39, 0.29) is 0 Å². The van der Waals surface area contributed by atoms with Gasteiger partial charge in [-0.1, -0.05) is 6.07 Å². The summed E-state index contributed by atoms with van der Waals surface area (Å²) in [7, 11) is 3.22. The second-order valence-electron chi connectivity index (χ2n) is 4.09. The van der Waals surface area contributed by atoms with Gasteiger partial charge in [0.05, 0.1) is 26.1 Å². The van der Waals surface area contributed by atoms with Gasteiger partial charge in [0.2, 0.25) is 0 Å². The molecule has 0 aliphatic carbocycles. The van der Waals surface area contributed by atoms with E-state index in [0.29, 0.717) is 23.7 Å². The Labute approximate surface area is 117 Å². The minimum Gasteiger partial charge on any atom is -0.493 e. The van der Waals surface area contributed by atoms with Crippen LogP contribution in [-0.4, -0.2) is 19.2 Å². The Morgan fingerprint density at radius 1 is 1.15 bits per heavy atom. The van der Waals surface area contributed by atoms with Gasteiger partial charge in [-0.15, -0.1) is 0 Å². The lowest BCUT2D eigenvalue weighted by molar-refractivity contribution is 0.354. The van der Waals surface area contributed by atoms with E-state index in [4.69, 9.17) is 14.7 Å². The summed E-state index contributed by atoms with van der Waals surface area (Å²) in [6.45, 7) is 0.633. The molecule has 20 heavy (non-hydrogen) atoms. The van der Waals surface area contributed by atoms with E-state index in [2.05, 4.69) is 10.3 Å². The monoisotopic (exact) mass is 269 g/mol. The number of rotatable bonds is 5. The fourth-order valence-corrected chi connectivity index (χ4v) is 1.76. The molecule has 0 saturated heterocycles. The Morgan fingerprint density at radius 3 is 2.55 bits per heavy atom. The van der Waals surface area contributed by atoms with Crippen molar-refractivity contribution < 1.29 is 9.47 Å². The number of nitrogens with one attached hydrogen (secondary N) is 1. The maximum absolute atomic E-state index is 8.68. The number of hydrogen-bond acceptors (Lipinski definition) is 5. The normalized spacial score (nSPS) is 9.65. The molecule has 1 heterocycles. The van der Waals surface area contributed by atoms with Gasteiger partial charge in [0, 0.05) is 6.54 Å². The summed E-state index contributed by atoms with van der Waals surface area (Å²) >= 11 is 0. The maximum Gasteiger partial charge on any atom is 0.161 e. The number of ether oxygens (including phenoxy) is 2. The molecule has 2 rings (SSSR count). The number of nitrogens with zero attached hydrogens (tertiary/aromatic N) is 2. The SMILES string of the molecule is COc1ccc(CNc2ccc(C#N)nc2)cc1OC. The minimum atomic E-state index is 0.404. The van der Waals surface area contributed by atoms with Crippen molar-refractivity contribution in [1.82, 2.24) is 4.98 Å². The predicted molar refractivity (Wildman–Crippen MR) is 75.8 cm³/mol. The molecule has 0 saturated carbocycles. The van der Waals surface area contributed by atoms with Crippen molar-refractivity contribution in [3.8, 4) is 17.6 Å². The molecule has 5 heteroatoms. The van der Waals surface area contributed by atoms with Crippen LogP contribution in [0.3, 0.4) is 0 Å². The van der Waals surface area contributed by atoms with Gasteiger partial charge in [-0.3, -0.25) is 0 Å². The van der Waals surface area contributed by atoms with Crippen LogP contribution in [0.5, 0.6) is 11.5 Å². The fraction of sp³-hybridized carbons (Fsp3) is 0.200. The number of nitriles is 1. The molecular weight excluding hydrogens is 254 g/mol. The lowest BCUT2D eigenvalue weighted by Crippen LogP contribution is -2.01. The molecule has 0 aliphatic heterocycles. The van der Waals surface area contributed by atoms with Crippen LogP contribution in [0.2, 0.25) is 0 Å². The molecule has 1 N–H and O–H groups in total. The standard InChI is InChI=1S/C15H15N3O2/c1-19-14-6-3-11(7-15(14)20-2)9-17-13-5-4-12(8-16)18-10-13/h3-7,10,17H,9H2,1-2H3. The van der Waals surface area contributed by atoms with Gasteiger partial charge in [-0.2, -0.15) is 5.26 Å². The smallest absolute Gasteiger partial charge is 0.161 e. The van der Waals surface area contributed by atoms with Crippen LogP contribution in [0.1, 0.15) is 11.3 Å². The Kier molecular flexibility index (Phi) is 4.40. The molecule has 0 aliphatic rings. The van der Waals surface area contributed by atoms with Gasteiger partial charge < -0.3 is 14.8 Å². The van der Waals surface area contributed by atoms with E-state index < -0.39 is 0 Å². The number of aromatic nitrogens is 1. The average Bonchev–Trinajstić information content (AvgIpc) is 2.53. The van der Waals surface area contributed by atoms with E-state index in [1.165, 1.54) is 0 Å². The van der Waals surface area contributed by atoms with Crippen LogP contribution in [0, 0.1) is 11.3 Å².